The number of nitrogens with one attached hydrogen (secondary N) is 1. The topological polar surface area (TPSA) is 88.9 Å². The van der Waals surface area contributed by atoms with Crippen molar-refractivity contribution in [1.29, 1.82) is 0 Å². The van der Waals surface area contributed by atoms with Crippen molar-refractivity contribution >= 4 is 39.8 Å². The van der Waals surface area contributed by atoms with Crippen LogP contribution in [0.3, 0.4) is 0 Å². The van der Waals surface area contributed by atoms with Crippen molar-refractivity contribution in [3.05, 3.63) is 71.0 Å². The number of furan rings is 1. The van der Waals surface area contributed by atoms with Crippen molar-refractivity contribution in [1.82, 2.24) is 0 Å². The van der Waals surface area contributed by atoms with Gasteiger partial charge in [-0.1, -0.05) is 18.2 Å². The number of carbonyl (C=O) groups is 3. The summed E-state index contributed by atoms with van der Waals surface area (Å²) in [5, 5.41) is 3.17. The number of amides is 2. The van der Waals surface area contributed by atoms with E-state index in [0.29, 0.717) is 15.4 Å². The molecule has 2 aromatic heterocycles. The molecule has 0 aliphatic heterocycles. The molecule has 30 heavy (non-hydrogen) atoms. The number of hydrogen-bond acceptors (Lipinski definition) is 6. The Morgan fingerprint density at radius 2 is 1.87 bits per heavy atom. The molecule has 0 aliphatic carbocycles. The molecule has 0 radical (unpaired) electrons. The molecule has 0 unspecified atom stereocenters. The smallest absolute Gasteiger partial charge is 0.349 e. The van der Waals surface area contributed by atoms with E-state index in [4.69, 9.17) is 9.15 Å². The number of aryl methyl sites for hydroxylation is 1. The number of nitrogens with zero attached hydrogens (tertiary/aromatic N) is 1. The number of thiophene rings is 1. The van der Waals surface area contributed by atoms with Gasteiger partial charge in [0.05, 0.1) is 11.3 Å². The zero-order valence-corrected chi connectivity index (χ0v) is 17.7. The van der Waals surface area contributed by atoms with E-state index in [1.54, 1.807) is 30.0 Å². The van der Waals surface area contributed by atoms with Crippen LogP contribution in [0.15, 0.2) is 59.2 Å². The Bertz CT molecular complexity index is 1030. The van der Waals surface area contributed by atoms with Crippen LogP contribution < -0.4 is 10.2 Å². The fourth-order valence-corrected chi connectivity index (χ4v) is 3.87. The highest BCUT2D eigenvalue weighted by molar-refractivity contribution is 7.18. The molecule has 0 fully saturated rings. The van der Waals surface area contributed by atoms with Crippen molar-refractivity contribution in [2.45, 2.75) is 26.8 Å². The number of ether oxygens (including phenoxy) is 1. The van der Waals surface area contributed by atoms with E-state index in [1.165, 1.54) is 6.26 Å². The van der Waals surface area contributed by atoms with Crippen LogP contribution in [0.2, 0.25) is 0 Å². The third-order valence-corrected chi connectivity index (χ3v) is 5.36. The van der Waals surface area contributed by atoms with Crippen LogP contribution in [0.4, 0.5) is 10.7 Å². The summed E-state index contributed by atoms with van der Waals surface area (Å²) >= 11 is 1.08. The molecule has 0 spiro atoms. The molecular formula is C22H22N2O5S. The van der Waals surface area contributed by atoms with E-state index in [9.17, 15) is 14.4 Å². The predicted octanol–water partition coefficient (Wildman–Crippen LogP) is 4.50. The quantitative estimate of drug-likeness (QED) is 0.562. The zero-order chi connectivity index (χ0) is 21.7. The maximum absolute atomic E-state index is 12.7. The number of hydrogen-bond donors (Lipinski definition) is 1. The Morgan fingerprint density at radius 1 is 1.13 bits per heavy atom. The van der Waals surface area contributed by atoms with Gasteiger partial charge in [0.25, 0.3) is 11.8 Å². The monoisotopic (exact) mass is 426 g/mol. The maximum Gasteiger partial charge on any atom is 0.349 e. The number of anilines is 2. The van der Waals surface area contributed by atoms with Crippen LogP contribution in [-0.2, 0) is 9.53 Å². The number of esters is 1. The fraction of sp³-hybridized carbons (Fsp3) is 0.227. The van der Waals surface area contributed by atoms with Crippen LogP contribution in [0.1, 0.15) is 39.6 Å². The second kappa shape index (κ2) is 9.41. The first kappa shape index (κ1) is 21.3. The average molecular weight is 426 g/mol. The van der Waals surface area contributed by atoms with Gasteiger partial charge < -0.3 is 19.4 Å². The van der Waals surface area contributed by atoms with Gasteiger partial charge in [0.2, 0.25) is 0 Å². The van der Waals surface area contributed by atoms with Crippen LogP contribution in [0, 0.1) is 6.92 Å². The van der Waals surface area contributed by atoms with Gasteiger partial charge in [0.1, 0.15) is 4.88 Å². The van der Waals surface area contributed by atoms with E-state index in [2.05, 4.69) is 5.32 Å². The van der Waals surface area contributed by atoms with E-state index < -0.39 is 11.9 Å². The van der Waals surface area contributed by atoms with E-state index >= 15 is 0 Å². The summed E-state index contributed by atoms with van der Waals surface area (Å²) in [5.74, 6) is -1.16. The lowest BCUT2D eigenvalue weighted by Gasteiger charge is -2.26. The third kappa shape index (κ3) is 4.96. The first-order chi connectivity index (χ1) is 14.4. The molecule has 2 amide bonds. The summed E-state index contributed by atoms with van der Waals surface area (Å²) in [6.07, 6.45) is 1.41. The van der Waals surface area contributed by atoms with E-state index in [0.717, 1.165) is 17.0 Å². The van der Waals surface area contributed by atoms with Crippen molar-refractivity contribution in [2.24, 2.45) is 0 Å². The van der Waals surface area contributed by atoms with Crippen LogP contribution >= 0.6 is 11.3 Å². The molecule has 156 valence electrons. The molecular weight excluding hydrogens is 404 g/mol. The lowest BCUT2D eigenvalue weighted by molar-refractivity contribution is -0.122. The zero-order valence-electron chi connectivity index (χ0n) is 16.9. The number of rotatable bonds is 7. The molecule has 1 N–H and O–H groups in total. The standard InChI is InChI=1S/C22H22N2O5S/c1-14(2)24(16-8-5-4-6-9-16)19(25)13-29-22(27)20-15(3)12-18(30-20)23-21(26)17-10-7-11-28-17/h4-12,14H,13H2,1-3H3,(H,23,26). The van der Waals surface area contributed by atoms with E-state index in [-0.39, 0.29) is 24.3 Å². The Hall–Kier alpha value is -3.39. The average Bonchev–Trinajstić information content (AvgIpc) is 3.37. The second-order valence-electron chi connectivity index (χ2n) is 6.82. The van der Waals surface area contributed by atoms with Gasteiger partial charge in [-0.3, -0.25) is 9.59 Å². The minimum atomic E-state index is -0.610. The molecule has 3 rings (SSSR count). The summed E-state index contributed by atoms with van der Waals surface area (Å²) < 4.78 is 10.3. The fourth-order valence-electron chi connectivity index (χ4n) is 2.91. The number of para-hydroxylation sites is 1. The second-order valence-corrected chi connectivity index (χ2v) is 7.88. The minimum absolute atomic E-state index is 0.0921. The molecule has 0 aliphatic rings. The van der Waals surface area contributed by atoms with Gasteiger partial charge in [0.15, 0.2) is 12.4 Å². The summed E-state index contributed by atoms with van der Waals surface area (Å²) in [6, 6.07) is 14.0. The van der Waals surface area contributed by atoms with Gasteiger partial charge in [0, 0.05) is 11.7 Å². The van der Waals surface area contributed by atoms with Gasteiger partial charge in [-0.2, -0.15) is 0 Å². The molecule has 1 aromatic carbocycles. The van der Waals surface area contributed by atoms with E-state index in [1.807, 2.05) is 44.2 Å². The van der Waals surface area contributed by atoms with Gasteiger partial charge in [-0.15, -0.1) is 11.3 Å². The Balaban J connectivity index is 1.64. The normalized spacial score (nSPS) is 10.7. The Kier molecular flexibility index (Phi) is 6.68. The maximum atomic E-state index is 12.7. The summed E-state index contributed by atoms with van der Waals surface area (Å²) in [4.78, 5) is 39.2. The lowest BCUT2D eigenvalue weighted by atomic mass is 10.2. The number of carbonyl (C=O) groups excluding carboxylic acids is 3. The Labute approximate surface area is 178 Å². The highest BCUT2D eigenvalue weighted by atomic mass is 32.1. The molecule has 0 bridgehead atoms. The highest BCUT2D eigenvalue weighted by Crippen LogP contribution is 2.28. The van der Waals surface area contributed by atoms with Crippen LogP contribution in [0.25, 0.3) is 0 Å². The summed E-state index contributed by atoms with van der Waals surface area (Å²) in [7, 11) is 0. The molecule has 3 aromatic rings. The van der Waals surface area contributed by atoms with Crippen LogP contribution in [0.5, 0.6) is 0 Å². The first-order valence-electron chi connectivity index (χ1n) is 9.36. The van der Waals surface area contributed by atoms with Gasteiger partial charge in [-0.25, -0.2) is 4.79 Å². The molecule has 8 heteroatoms. The molecule has 0 saturated carbocycles. The third-order valence-electron chi connectivity index (χ3n) is 4.23. The van der Waals surface area contributed by atoms with Crippen LogP contribution in [-0.4, -0.2) is 30.4 Å². The molecule has 2 heterocycles. The van der Waals surface area contributed by atoms with Crippen molar-refractivity contribution < 1.29 is 23.5 Å². The van der Waals surface area contributed by atoms with Crippen molar-refractivity contribution in [3.63, 3.8) is 0 Å². The molecule has 0 atom stereocenters. The Morgan fingerprint density at radius 3 is 2.50 bits per heavy atom. The lowest BCUT2D eigenvalue weighted by Crippen LogP contribution is -2.39. The summed E-state index contributed by atoms with van der Waals surface area (Å²) in [5.41, 5.74) is 1.39. The molecule has 7 nitrogen and oxygen atoms in total. The van der Waals surface area contributed by atoms with Gasteiger partial charge >= 0.3 is 5.97 Å². The van der Waals surface area contributed by atoms with Crippen molar-refractivity contribution in [3.8, 4) is 0 Å². The van der Waals surface area contributed by atoms with Gasteiger partial charge in [-0.05, 0) is 56.7 Å². The summed E-state index contributed by atoms with van der Waals surface area (Å²) in [6.45, 7) is 5.15. The van der Waals surface area contributed by atoms with Crippen molar-refractivity contribution in [2.75, 3.05) is 16.8 Å². The minimum Gasteiger partial charge on any atom is -0.459 e. The number of benzene rings is 1. The largest absolute Gasteiger partial charge is 0.459 e. The predicted molar refractivity (Wildman–Crippen MR) is 115 cm³/mol. The first-order valence-corrected chi connectivity index (χ1v) is 10.2. The SMILES string of the molecule is Cc1cc(NC(=O)c2ccco2)sc1C(=O)OCC(=O)N(c1ccccc1)C(C)C. The molecule has 0 saturated heterocycles. The highest BCUT2D eigenvalue weighted by Gasteiger charge is 2.22.